The van der Waals surface area contributed by atoms with Crippen LogP contribution >= 0.6 is 11.6 Å². The number of anilines is 1. The first-order valence-corrected chi connectivity index (χ1v) is 10.5. The van der Waals surface area contributed by atoms with Crippen molar-refractivity contribution in [2.24, 2.45) is 0 Å². The summed E-state index contributed by atoms with van der Waals surface area (Å²) in [5.41, 5.74) is 2.51. The molecule has 7 heteroatoms. The molecule has 3 aromatic carbocycles. The van der Waals surface area contributed by atoms with Crippen molar-refractivity contribution in [3.05, 3.63) is 94.2 Å². The molecule has 0 unspecified atom stereocenters. The molecule has 162 valence electrons. The molecule has 32 heavy (non-hydrogen) atoms. The van der Waals surface area contributed by atoms with E-state index in [4.69, 9.17) is 21.1 Å². The van der Waals surface area contributed by atoms with Crippen molar-refractivity contribution >= 4 is 35.2 Å². The Morgan fingerprint density at radius 2 is 1.91 bits per heavy atom. The molecule has 3 aromatic rings. The van der Waals surface area contributed by atoms with Crippen LogP contribution in [0.5, 0.6) is 11.5 Å². The zero-order chi connectivity index (χ0) is 22.5. The van der Waals surface area contributed by atoms with E-state index >= 15 is 0 Å². The fourth-order valence-electron chi connectivity index (χ4n) is 3.24. The molecule has 0 fully saturated rings. The van der Waals surface area contributed by atoms with Crippen LogP contribution in [0.25, 0.3) is 6.08 Å². The van der Waals surface area contributed by atoms with Gasteiger partial charge in [-0.1, -0.05) is 41.9 Å². The molecule has 2 amide bonds. The Bertz CT molecular complexity index is 1190. The van der Waals surface area contributed by atoms with Gasteiger partial charge in [0.15, 0.2) is 11.5 Å². The highest BCUT2D eigenvalue weighted by Crippen LogP contribution is 2.32. The van der Waals surface area contributed by atoms with Crippen molar-refractivity contribution < 1.29 is 19.1 Å². The lowest BCUT2D eigenvalue weighted by Gasteiger charge is -2.20. The Morgan fingerprint density at radius 3 is 2.69 bits per heavy atom. The topological polar surface area (TPSA) is 76.7 Å². The van der Waals surface area contributed by atoms with Crippen molar-refractivity contribution in [2.75, 3.05) is 11.9 Å². The highest BCUT2D eigenvalue weighted by atomic mass is 35.5. The van der Waals surface area contributed by atoms with Crippen LogP contribution < -0.4 is 20.1 Å². The van der Waals surface area contributed by atoms with Crippen molar-refractivity contribution in [3.63, 3.8) is 0 Å². The maximum Gasteiger partial charge on any atom is 0.291 e. The van der Waals surface area contributed by atoms with Crippen LogP contribution in [0, 0.1) is 0 Å². The summed E-state index contributed by atoms with van der Waals surface area (Å²) in [6.07, 6.45) is 1.63. The number of nitrogens with one attached hydrogen (secondary N) is 2. The van der Waals surface area contributed by atoms with Crippen LogP contribution in [0.2, 0.25) is 5.02 Å². The molecule has 0 saturated heterocycles. The van der Waals surface area contributed by atoms with E-state index in [2.05, 4.69) is 10.6 Å². The van der Waals surface area contributed by atoms with Gasteiger partial charge in [-0.2, -0.15) is 0 Å². The van der Waals surface area contributed by atoms with E-state index in [9.17, 15) is 9.59 Å². The molecule has 6 nitrogen and oxygen atoms in total. The van der Waals surface area contributed by atoms with E-state index in [-0.39, 0.29) is 11.7 Å². The average Bonchev–Trinajstić information content (AvgIpc) is 2.80. The number of hydrogen-bond acceptors (Lipinski definition) is 4. The maximum atomic E-state index is 12.7. The lowest BCUT2D eigenvalue weighted by atomic mass is 10.1. The van der Waals surface area contributed by atoms with Gasteiger partial charge in [0.1, 0.15) is 5.75 Å². The Kier molecular flexibility index (Phi) is 6.42. The second-order valence-corrected chi connectivity index (χ2v) is 7.49. The molecule has 0 spiro atoms. The number of benzene rings is 3. The minimum Gasteiger partial charge on any atom is -0.494 e. The highest BCUT2D eigenvalue weighted by Gasteiger charge is 2.23. The summed E-state index contributed by atoms with van der Waals surface area (Å²) in [5, 5.41) is 6.27. The van der Waals surface area contributed by atoms with Gasteiger partial charge in [0.25, 0.3) is 11.8 Å². The van der Waals surface area contributed by atoms with E-state index in [0.717, 1.165) is 16.9 Å². The first-order chi connectivity index (χ1) is 15.5. The Labute approximate surface area is 190 Å². The van der Waals surface area contributed by atoms with E-state index in [0.29, 0.717) is 35.2 Å². The van der Waals surface area contributed by atoms with E-state index < -0.39 is 5.91 Å². The summed E-state index contributed by atoms with van der Waals surface area (Å²) in [4.78, 5) is 25.1. The van der Waals surface area contributed by atoms with Crippen LogP contribution in [0.4, 0.5) is 5.69 Å². The molecule has 2 N–H and O–H groups in total. The molecule has 1 heterocycles. The number of fused-ring (bicyclic) bond motifs is 1. The van der Waals surface area contributed by atoms with Gasteiger partial charge in [-0.3, -0.25) is 9.59 Å². The predicted molar refractivity (Wildman–Crippen MR) is 124 cm³/mol. The summed E-state index contributed by atoms with van der Waals surface area (Å²) >= 11 is 5.90. The number of para-hydroxylation sites is 1. The first-order valence-electron chi connectivity index (χ1n) is 10.1. The number of carbonyl (C=O) groups is 2. The molecule has 0 saturated carbocycles. The molecule has 0 aromatic heterocycles. The van der Waals surface area contributed by atoms with Crippen LogP contribution in [0.15, 0.2) is 72.5 Å². The Hall–Kier alpha value is -3.77. The number of carbonyl (C=O) groups excluding carboxylic acids is 2. The maximum absolute atomic E-state index is 12.7. The van der Waals surface area contributed by atoms with Gasteiger partial charge in [0.2, 0.25) is 0 Å². The molecule has 0 radical (unpaired) electrons. The third-order valence-corrected chi connectivity index (χ3v) is 5.07. The number of ether oxygens (including phenoxy) is 2. The van der Waals surface area contributed by atoms with Gasteiger partial charge in [0, 0.05) is 22.7 Å². The van der Waals surface area contributed by atoms with Gasteiger partial charge in [-0.25, -0.2) is 0 Å². The number of halogens is 1. The van der Waals surface area contributed by atoms with Gasteiger partial charge >= 0.3 is 0 Å². The molecule has 0 atom stereocenters. The smallest absolute Gasteiger partial charge is 0.291 e. The molecular weight excluding hydrogens is 428 g/mol. The largest absolute Gasteiger partial charge is 0.494 e. The van der Waals surface area contributed by atoms with Crippen LogP contribution in [0.1, 0.15) is 28.4 Å². The number of hydrogen-bond donors (Lipinski definition) is 2. The average molecular weight is 449 g/mol. The minimum absolute atomic E-state index is 0.157. The van der Waals surface area contributed by atoms with Gasteiger partial charge < -0.3 is 20.1 Å². The zero-order valence-electron chi connectivity index (χ0n) is 17.4. The summed E-state index contributed by atoms with van der Waals surface area (Å²) in [6, 6.07) is 19.5. The second-order valence-electron chi connectivity index (χ2n) is 7.05. The second kappa shape index (κ2) is 9.58. The molecule has 4 rings (SSSR count). The molecular formula is C25H21ClN2O4. The zero-order valence-corrected chi connectivity index (χ0v) is 18.1. The standard InChI is InChI=1S/C25H21ClN2O4/c1-2-31-21-6-4-3-5-18(21)15-27-24(29)17-9-12-22-20(14-17)28-25(30)23(32-22)13-16-7-10-19(26)11-8-16/h3-14H,2,15H2,1H3,(H,27,29)(H,28,30)/b23-13-. The normalized spacial score (nSPS) is 13.7. The van der Waals surface area contributed by atoms with Crippen molar-refractivity contribution in [2.45, 2.75) is 13.5 Å². The lowest BCUT2D eigenvalue weighted by Crippen LogP contribution is -2.26. The summed E-state index contributed by atoms with van der Waals surface area (Å²) in [7, 11) is 0. The fraction of sp³-hybridized carbons (Fsp3) is 0.120. The third-order valence-electron chi connectivity index (χ3n) is 4.81. The fourth-order valence-corrected chi connectivity index (χ4v) is 3.36. The number of amides is 2. The summed E-state index contributed by atoms with van der Waals surface area (Å²) in [5.74, 6) is 0.695. The van der Waals surface area contributed by atoms with Gasteiger partial charge in [-0.05, 0) is 55.0 Å². The Morgan fingerprint density at radius 1 is 1.12 bits per heavy atom. The SMILES string of the molecule is CCOc1ccccc1CNC(=O)c1ccc2c(c1)NC(=O)/C(=C/c1ccc(Cl)cc1)O2. The first kappa shape index (κ1) is 21.5. The predicted octanol–water partition coefficient (Wildman–Crippen LogP) is 5.04. The van der Waals surface area contributed by atoms with E-state index in [1.54, 1.807) is 48.5 Å². The molecule has 0 bridgehead atoms. The Balaban J connectivity index is 1.46. The third kappa shape index (κ3) is 4.92. The van der Waals surface area contributed by atoms with Crippen molar-refractivity contribution in [1.82, 2.24) is 5.32 Å². The molecule has 0 aliphatic carbocycles. The quantitative estimate of drug-likeness (QED) is 0.518. The van der Waals surface area contributed by atoms with Gasteiger partial charge in [-0.15, -0.1) is 0 Å². The van der Waals surface area contributed by atoms with Crippen LogP contribution in [-0.4, -0.2) is 18.4 Å². The monoisotopic (exact) mass is 448 g/mol. The van der Waals surface area contributed by atoms with E-state index in [1.165, 1.54) is 0 Å². The van der Waals surface area contributed by atoms with Gasteiger partial charge in [0.05, 0.1) is 12.3 Å². The summed E-state index contributed by atoms with van der Waals surface area (Å²) in [6.45, 7) is 2.78. The van der Waals surface area contributed by atoms with E-state index in [1.807, 2.05) is 31.2 Å². The molecule has 1 aliphatic heterocycles. The molecule has 1 aliphatic rings. The van der Waals surface area contributed by atoms with Crippen molar-refractivity contribution in [1.29, 1.82) is 0 Å². The van der Waals surface area contributed by atoms with Crippen LogP contribution in [0.3, 0.4) is 0 Å². The lowest BCUT2D eigenvalue weighted by molar-refractivity contribution is -0.115. The number of rotatable bonds is 6. The van der Waals surface area contributed by atoms with Crippen molar-refractivity contribution in [3.8, 4) is 11.5 Å². The highest BCUT2D eigenvalue weighted by molar-refractivity contribution is 6.30. The summed E-state index contributed by atoms with van der Waals surface area (Å²) < 4.78 is 11.3. The van der Waals surface area contributed by atoms with Crippen LogP contribution in [-0.2, 0) is 11.3 Å². The minimum atomic E-state index is -0.393.